The highest BCUT2D eigenvalue weighted by atomic mass is 32.2. The molecule has 0 atom stereocenters. The first-order valence-electron chi connectivity index (χ1n) is 10.2. The maximum atomic E-state index is 12.9. The highest BCUT2D eigenvalue weighted by Gasteiger charge is 2.30. The van der Waals surface area contributed by atoms with Crippen molar-refractivity contribution < 1.29 is 22.8 Å². The van der Waals surface area contributed by atoms with Gasteiger partial charge in [0.05, 0.1) is 17.7 Å². The second kappa shape index (κ2) is 11.0. The van der Waals surface area contributed by atoms with Crippen molar-refractivity contribution in [2.45, 2.75) is 31.2 Å². The lowest BCUT2D eigenvalue weighted by Crippen LogP contribution is -2.18. The highest BCUT2D eigenvalue weighted by Crippen LogP contribution is 2.30. The Hall–Kier alpha value is -3.60. The average Bonchev–Trinajstić information content (AvgIpc) is 3.15. The number of aryl methyl sites for hydroxylation is 1. The van der Waals surface area contributed by atoms with Gasteiger partial charge in [-0.3, -0.25) is 9.59 Å². The summed E-state index contributed by atoms with van der Waals surface area (Å²) < 4.78 is 40.3. The smallest absolute Gasteiger partial charge is 0.326 e. The first-order valence-corrected chi connectivity index (χ1v) is 11.1. The van der Waals surface area contributed by atoms with E-state index in [-0.39, 0.29) is 23.8 Å². The molecule has 11 heteroatoms. The molecular formula is C23H22F3N5O2S. The molecule has 1 heterocycles. The molecule has 0 saturated carbocycles. The number of benzene rings is 2. The molecule has 2 N–H and O–H groups in total. The molecule has 0 aliphatic carbocycles. The zero-order chi connectivity index (χ0) is 24.7. The van der Waals surface area contributed by atoms with E-state index < -0.39 is 17.6 Å². The van der Waals surface area contributed by atoms with Crippen molar-refractivity contribution in [1.29, 1.82) is 0 Å². The molecule has 0 unspecified atom stereocenters. The third-order valence-corrected chi connectivity index (χ3v) is 5.62. The number of carbonyl (C=O) groups excluding carboxylic acids is 2. The minimum atomic E-state index is -4.51. The minimum absolute atomic E-state index is 0.0251. The summed E-state index contributed by atoms with van der Waals surface area (Å²) in [4.78, 5) is 24.8. The number of rotatable bonds is 9. The van der Waals surface area contributed by atoms with Crippen LogP contribution in [0, 0.1) is 6.92 Å². The van der Waals surface area contributed by atoms with Crippen LogP contribution >= 0.6 is 11.8 Å². The zero-order valence-electron chi connectivity index (χ0n) is 18.2. The van der Waals surface area contributed by atoms with E-state index in [1.807, 2.05) is 25.1 Å². The number of nitrogens with zero attached hydrogens (tertiary/aromatic N) is 3. The number of para-hydroxylation sites is 1. The van der Waals surface area contributed by atoms with Crippen molar-refractivity contribution in [1.82, 2.24) is 14.8 Å². The van der Waals surface area contributed by atoms with Gasteiger partial charge in [-0.1, -0.05) is 42.1 Å². The van der Waals surface area contributed by atoms with Gasteiger partial charge in [-0.15, -0.1) is 16.8 Å². The molecule has 0 fully saturated rings. The predicted octanol–water partition coefficient (Wildman–Crippen LogP) is 4.70. The summed E-state index contributed by atoms with van der Waals surface area (Å²) in [5.41, 5.74) is 0.817. The molecule has 0 bridgehead atoms. The number of allylic oxidation sites excluding steroid dienone is 1. The van der Waals surface area contributed by atoms with Gasteiger partial charge < -0.3 is 15.2 Å². The van der Waals surface area contributed by atoms with Crippen molar-refractivity contribution in [3.8, 4) is 0 Å². The monoisotopic (exact) mass is 489 g/mol. The minimum Gasteiger partial charge on any atom is -0.326 e. The fraction of sp³-hybridized carbons (Fsp3) is 0.217. The maximum absolute atomic E-state index is 12.9. The lowest BCUT2D eigenvalue weighted by molar-refractivity contribution is -0.137. The van der Waals surface area contributed by atoms with Crippen LogP contribution in [-0.2, 0) is 28.7 Å². The van der Waals surface area contributed by atoms with Gasteiger partial charge in [-0.2, -0.15) is 13.2 Å². The molecule has 0 radical (unpaired) electrons. The lowest BCUT2D eigenvalue weighted by atomic mass is 10.2. The number of anilines is 2. The van der Waals surface area contributed by atoms with Gasteiger partial charge in [-0.25, -0.2) is 0 Å². The van der Waals surface area contributed by atoms with E-state index in [9.17, 15) is 22.8 Å². The maximum Gasteiger partial charge on any atom is 0.416 e. The van der Waals surface area contributed by atoms with Crippen LogP contribution in [0.15, 0.2) is 66.3 Å². The van der Waals surface area contributed by atoms with Crippen molar-refractivity contribution in [2.24, 2.45) is 0 Å². The van der Waals surface area contributed by atoms with Crippen molar-refractivity contribution >= 4 is 35.0 Å². The fourth-order valence-electron chi connectivity index (χ4n) is 3.02. The standard InChI is InChI=1S/C23H22F3N5O2S/c1-3-11-31-19(13-20(32)27-17-9-6-8-16(12-17)23(24,25)26)29-30-22(31)34-14-21(33)28-18-10-5-4-7-15(18)2/h3-10,12H,1,11,13-14H2,2H3,(H,27,32)(H,28,33). The van der Waals surface area contributed by atoms with Crippen LogP contribution in [0.5, 0.6) is 0 Å². The SMILES string of the molecule is C=CCn1c(CC(=O)Nc2cccc(C(F)(F)F)c2)nnc1SCC(=O)Nc1ccccc1C. The number of amides is 2. The Morgan fingerprint density at radius 1 is 1.09 bits per heavy atom. The van der Waals surface area contributed by atoms with Crippen LogP contribution < -0.4 is 10.6 Å². The second-order valence-electron chi connectivity index (χ2n) is 7.25. The normalized spacial score (nSPS) is 11.2. The zero-order valence-corrected chi connectivity index (χ0v) is 19.0. The Morgan fingerprint density at radius 2 is 1.85 bits per heavy atom. The fourth-order valence-corrected chi connectivity index (χ4v) is 3.79. The number of thioether (sulfide) groups is 1. The van der Waals surface area contributed by atoms with E-state index in [1.54, 1.807) is 16.7 Å². The first kappa shape index (κ1) is 25.0. The van der Waals surface area contributed by atoms with E-state index in [0.29, 0.717) is 23.2 Å². The van der Waals surface area contributed by atoms with E-state index in [4.69, 9.17) is 0 Å². The molecule has 0 saturated heterocycles. The summed E-state index contributed by atoms with van der Waals surface area (Å²) in [6.07, 6.45) is -3.13. The molecule has 7 nitrogen and oxygen atoms in total. The molecule has 2 aromatic carbocycles. The number of alkyl halides is 3. The number of halogens is 3. The van der Waals surface area contributed by atoms with Crippen LogP contribution in [0.2, 0.25) is 0 Å². The van der Waals surface area contributed by atoms with Gasteiger partial charge in [0.1, 0.15) is 5.82 Å². The Balaban J connectivity index is 1.64. The summed E-state index contributed by atoms with van der Waals surface area (Å²) in [6, 6.07) is 11.8. The first-order chi connectivity index (χ1) is 16.2. The molecule has 0 spiro atoms. The van der Waals surface area contributed by atoms with Crippen LogP contribution in [0.25, 0.3) is 0 Å². The second-order valence-corrected chi connectivity index (χ2v) is 8.20. The number of carbonyl (C=O) groups is 2. The van der Waals surface area contributed by atoms with Gasteiger partial charge in [0, 0.05) is 17.9 Å². The van der Waals surface area contributed by atoms with Crippen LogP contribution in [0.1, 0.15) is 17.0 Å². The van der Waals surface area contributed by atoms with E-state index >= 15 is 0 Å². The molecule has 2 amide bonds. The van der Waals surface area contributed by atoms with Crippen molar-refractivity contribution in [3.63, 3.8) is 0 Å². The Kier molecular flexibility index (Phi) is 8.11. The predicted molar refractivity (Wildman–Crippen MR) is 125 cm³/mol. The van der Waals surface area contributed by atoms with Gasteiger partial charge in [0.25, 0.3) is 0 Å². The van der Waals surface area contributed by atoms with Gasteiger partial charge in [-0.05, 0) is 36.8 Å². The Bertz CT molecular complexity index is 1190. The number of aromatic nitrogens is 3. The van der Waals surface area contributed by atoms with E-state index in [2.05, 4.69) is 27.4 Å². The number of hydrogen-bond donors (Lipinski definition) is 2. The molecule has 3 rings (SSSR count). The molecule has 0 aliphatic heterocycles. The summed E-state index contributed by atoms with van der Waals surface area (Å²) in [5, 5.41) is 13.8. The summed E-state index contributed by atoms with van der Waals surface area (Å²) in [6.45, 7) is 5.87. The van der Waals surface area contributed by atoms with E-state index in [1.165, 1.54) is 12.1 Å². The number of hydrogen-bond acceptors (Lipinski definition) is 5. The molecular weight excluding hydrogens is 467 g/mol. The van der Waals surface area contributed by atoms with Gasteiger partial charge in [0.15, 0.2) is 5.16 Å². The van der Waals surface area contributed by atoms with Gasteiger partial charge >= 0.3 is 6.18 Å². The molecule has 34 heavy (non-hydrogen) atoms. The topological polar surface area (TPSA) is 88.9 Å². The Labute approximate surface area is 198 Å². The van der Waals surface area contributed by atoms with Crippen LogP contribution in [0.3, 0.4) is 0 Å². The summed E-state index contributed by atoms with van der Waals surface area (Å²) >= 11 is 1.15. The summed E-state index contributed by atoms with van der Waals surface area (Å²) in [5.74, 6) is -0.409. The third kappa shape index (κ3) is 6.70. The number of nitrogens with one attached hydrogen (secondary N) is 2. The molecule has 3 aromatic rings. The van der Waals surface area contributed by atoms with Crippen LogP contribution in [0.4, 0.5) is 24.5 Å². The van der Waals surface area contributed by atoms with E-state index in [0.717, 1.165) is 29.5 Å². The lowest BCUT2D eigenvalue weighted by Gasteiger charge is -2.11. The van der Waals surface area contributed by atoms with Crippen molar-refractivity contribution in [2.75, 3.05) is 16.4 Å². The quantitative estimate of drug-likeness (QED) is 0.336. The van der Waals surface area contributed by atoms with Crippen molar-refractivity contribution in [3.05, 3.63) is 78.1 Å². The Morgan fingerprint density at radius 3 is 2.56 bits per heavy atom. The molecule has 178 valence electrons. The summed E-state index contributed by atoms with van der Waals surface area (Å²) in [7, 11) is 0. The molecule has 0 aliphatic rings. The largest absolute Gasteiger partial charge is 0.416 e. The molecule has 1 aromatic heterocycles. The highest BCUT2D eigenvalue weighted by molar-refractivity contribution is 7.99. The average molecular weight is 490 g/mol. The van der Waals surface area contributed by atoms with Gasteiger partial charge in [0.2, 0.25) is 11.8 Å². The third-order valence-electron chi connectivity index (χ3n) is 4.65. The van der Waals surface area contributed by atoms with Crippen LogP contribution in [-0.4, -0.2) is 32.3 Å².